The van der Waals surface area contributed by atoms with Crippen molar-refractivity contribution in [3.05, 3.63) is 23.8 Å². The zero-order valence-electron chi connectivity index (χ0n) is 16.2. The Morgan fingerprint density at radius 3 is 2.71 bits per heavy atom. The molecule has 1 aliphatic carbocycles. The summed E-state index contributed by atoms with van der Waals surface area (Å²) in [6.07, 6.45) is 5.50. The first-order valence-electron chi connectivity index (χ1n) is 10.1. The Bertz CT molecular complexity index is 845. The standard InChI is InChI=1S/C20H27N5O3/c1-28-18-8-6-14(20(27)25-9-3-2-4-10-25)12-17(18)21-19(26)13-5-7-15-16(11-13)23-24-22-15/h5,7,11,14,17-18H,2-4,6,8-10,12H2,1H3,(H,21,26)(H,22,23,24)/t14-,17+,18+/m0/s1. The zero-order valence-corrected chi connectivity index (χ0v) is 16.2. The molecule has 2 aliphatic rings. The van der Waals surface area contributed by atoms with E-state index in [-0.39, 0.29) is 29.9 Å². The monoisotopic (exact) mass is 385 g/mol. The van der Waals surface area contributed by atoms with Crippen molar-refractivity contribution in [1.29, 1.82) is 0 Å². The first-order chi connectivity index (χ1) is 13.7. The van der Waals surface area contributed by atoms with Gasteiger partial charge in [-0.05, 0) is 56.7 Å². The molecule has 1 aliphatic heterocycles. The van der Waals surface area contributed by atoms with Gasteiger partial charge in [0.25, 0.3) is 5.91 Å². The number of piperidine rings is 1. The van der Waals surface area contributed by atoms with Crippen LogP contribution in [0.5, 0.6) is 0 Å². The van der Waals surface area contributed by atoms with Gasteiger partial charge >= 0.3 is 0 Å². The molecule has 0 bridgehead atoms. The maximum Gasteiger partial charge on any atom is 0.251 e. The van der Waals surface area contributed by atoms with Gasteiger partial charge in [-0.1, -0.05) is 0 Å². The maximum atomic E-state index is 12.9. The van der Waals surface area contributed by atoms with Crippen molar-refractivity contribution in [3.8, 4) is 0 Å². The van der Waals surface area contributed by atoms with E-state index >= 15 is 0 Å². The molecule has 2 N–H and O–H groups in total. The second-order valence-corrected chi connectivity index (χ2v) is 7.78. The van der Waals surface area contributed by atoms with E-state index in [0.29, 0.717) is 17.5 Å². The molecule has 0 radical (unpaired) electrons. The summed E-state index contributed by atoms with van der Waals surface area (Å²) >= 11 is 0. The molecule has 2 fully saturated rings. The highest BCUT2D eigenvalue weighted by molar-refractivity contribution is 5.97. The van der Waals surface area contributed by atoms with Crippen LogP contribution in [-0.2, 0) is 9.53 Å². The SMILES string of the molecule is CO[C@@H]1CC[C@H](C(=O)N2CCCCC2)C[C@H]1NC(=O)c1ccc2n[nH]nc2c1. The molecule has 1 aromatic carbocycles. The van der Waals surface area contributed by atoms with E-state index in [1.165, 1.54) is 6.42 Å². The fourth-order valence-corrected chi connectivity index (χ4v) is 4.41. The van der Waals surface area contributed by atoms with E-state index in [1.807, 2.05) is 4.90 Å². The summed E-state index contributed by atoms with van der Waals surface area (Å²) in [6, 6.07) is 5.04. The minimum absolute atomic E-state index is 0.0483. The molecule has 1 saturated heterocycles. The van der Waals surface area contributed by atoms with Crippen LogP contribution in [0.3, 0.4) is 0 Å². The summed E-state index contributed by atoms with van der Waals surface area (Å²) in [5, 5.41) is 13.7. The van der Waals surface area contributed by atoms with E-state index in [2.05, 4.69) is 20.7 Å². The molecule has 3 atom stereocenters. The second-order valence-electron chi connectivity index (χ2n) is 7.78. The van der Waals surface area contributed by atoms with Gasteiger partial charge in [0, 0.05) is 31.7 Å². The number of hydrogen-bond donors (Lipinski definition) is 2. The van der Waals surface area contributed by atoms with Crippen molar-refractivity contribution in [2.75, 3.05) is 20.2 Å². The second kappa shape index (κ2) is 8.26. The van der Waals surface area contributed by atoms with Crippen LogP contribution < -0.4 is 5.32 Å². The number of methoxy groups -OCH3 is 1. The third kappa shape index (κ3) is 3.87. The Hall–Kier alpha value is -2.48. The van der Waals surface area contributed by atoms with Crippen LogP contribution >= 0.6 is 0 Å². The summed E-state index contributed by atoms with van der Waals surface area (Å²) in [5.41, 5.74) is 1.90. The van der Waals surface area contributed by atoms with Crippen molar-refractivity contribution in [2.45, 2.75) is 50.7 Å². The number of benzene rings is 1. The Kier molecular flexibility index (Phi) is 5.57. The molecule has 2 aromatic rings. The first-order valence-corrected chi connectivity index (χ1v) is 10.1. The summed E-state index contributed by atoms with van der Waals surface area (Å²) in [4.78, 5) is 27.7. The van der Waals surface area contributed by atoms with E-state index < -0.39 is 0 Å². The van der Waals surface area contributed by atoms with Gasteiger partial charge in [-0.2, -0.15) is 15.4 Å². The minimum atomic E-state index is -0.182. The van der Waals surface area contributed by atoms with E-state index in [9.17, 15) is 9.59 Å². The Morgan fingerprint density at radius 2 is 1.93 bits per heavy atom. The molecule has 8 heteroatoms. The normalized spacial score (nSPS) is 25.6. The van der Waals surface area contributed by atoms with Crippen molar-refractivity contribution in [1.82, 2.24) is 25.6 Å². The van der Waals surface area contributed by atoms with Gasteiger partial charge in [0.1, 0.15) is 11.0 Å². The lowest BCUT2D eigenvalue weighted by molar-refractivity contribution is -0.138. The number of H-pyrrole nitrogens is 1. The van der Waals surface area contributed by atoms with E-state index in [0.717, 1.165) is 44.3 Å². The molecule has 4 rings (SSSR count). The van der Waals surface area contributed by atoms with Crippen LogP contribution in [0, 0.1) is 5.92 Å². The van der Waals surface area contributed by atoms with Crippen molar-refractivity contribution >= 4 is 22.8 Å². The summed E-state index contributed by atoms with van der Waals surface area (Å²) in [5.74, 6) is 0.00774. The summed E-state index contributed by atoms with van der Waals surface area (Å²) < 4.78 is 5.60. The lowest BCUT2D eigenvalue weighted by atomic mass is 9.82. The summed E-state index contributed by atoms with van der Waals surface area (Å²) in [7, 11) is 1.66. The van der Waals surface area contributed by atoms with Gasteiger partial charge < -0.3 is 15.0 Å². The molecule has 2 heterocycles. The van der Waals surface area contributed by atoms with Gasteiger partial charge in [-0.3, -0.25) is 9.59 Å². The topological polar surface area (TPSA) is 100 Å². The van der Waals surface area contributed by atoms with Crippen molar-refractivity contribution < 1.29 is 14.3 Å². The molecule has 28 heavy (non-hydrogen) atoms. The van der Waals surface area contributed by atoms with Crippen LogP contribution in [0.25, 0.3) is 11.0 Å². The molecule has 0 unspecified atom stereocenters. The Labute approximate surface area is 164 Å². The third-order valence-corrected chi connectivity index (χ3v) is 6.00. The molecule has 150 valence electrons. The number of carbonyl (C=O) groups is 2. The van der Waals surface area contributed by atoms with E-state index in [4.69, 9.17) is 4.74 Å². The Balaban J connectivity index is 1.44. The average molecular weight is 385 g/mol. The quantitative estimate of drug-likeness (QED) is 0.837. The van der Waals surface area contributed by atoms with Gasteiger partial charge in [0.2, 0.25) is 5.91 Å². The zero-order chi connectivity index (χ0) is 19.5. The molecular weight excluding hydrogens is 358 g/mol. The lowest BCUT2D eigenvalue weighted by Crippen LogP contribution is -2.51. The van der Waals surface area contributed by atoms with Gasteiger partial charge in [0.15, 0.2) is 0 Å². The number of likely N-dealkylation sites (tertiary alicyclic amines) is 1. The van der Waals surface area contributed by atoms with E-state index in [1.54, 1.807) is 25.3 Å². The Morgan fingerprint density at radius 1 is 1.14 bits per heavy atom. The number of fused-ring (bicyclic) bond motifs is 1. The van der Waals surface area contributed by atoms with Crippen LogP contribution in [0.15, 0.2) is 18.2 Å². The largest absolute Gasteiger partial charge is 0.379 e. The van der Waals surface area contributed by atoms with Crippen LogP contribution in [0.4, 0.5) is 0 Å². The lowest BCUT2D eigenvalue weighted by Gasteiger charge is -2.38. The highest BCUT2D eigenvalue weighted by Crippen LogP contribution is 2.29. The number of amides is 2. The number of carbonyl (C=O) groups excluding carboxylic acids is 2. The highest BCUT2D eigenvalue weighted by Gasteiger charge is 2.37. The minimum Gasteiger partial charge on any atom is -0.379 e. The number of ether oxygens (including phenoxy) is 1. The van der Waals surface area contributed by atoms with Crippen LogP contribution in [0.2, 0.25) is 0 Å². The predicted molar refractivity (Wildman–Crippen MR) is 104 cm³/mol. The third-order valence-electron chi connectivity index (χ3n) is 6.00. The highest BCUT2D eigenvalue weighted by atomic mass is 16.5. The molecule has 0 spiro atoms. The van der Waals surface area contributed by atoms with Gasteiger partial charge in [0.05, 0.1) is 12.1 Å². The first kappa shape index (κ1) is 18.9. The summed E-state index contributed by atoms with van der Waals surface area (Å²) in [6.45, 7) is 1.72. The maximum absolute atomic E-state index is 12.9. The van der Waals surface area contributed by atoms with Crippen LogP contribution in [0.1, 0.15) is 48.9 Å². The number of hydrogen-bond acceptors (Lipinski definition) is 5. The molecule has 2 amide bonds. The smallest absolute Gasteiger partial charge is 0.251 e. The number of nitrogens with one attached hydrogen (secondary N) is 2. The van der Waals surface area contributed by atoms with Crippen LogP contribution in [-0.4, -0.2) is 64.5 Å². The molecule has 1 saturated carbocycles. The van der Waals surface area contributed by atoms with Gasteiger partial charge in [-0.15, -0.1) is 0 Å². The fourth-order valence-electron chi connectivity index (χ4n) is 4.41. The molecule has 8 nitrogen and oxygen atoms in total. The number of aromatic amines is 1. The molecular formula is C20H27N5O3. The van der Waals surface area contributed by atoms with Crippen molar-refractivity contribution in [3.63, 3.8) is 0 Å². The molecule has 1 aromatic heterocycles. The van der Waals surface area contributed by atoms with Crippen molar-refractivity contribution in [2.24, 2.45) is 5.92 Å². The number of nitrogens with zero attached hydrogens (tertiary/aromatic N) is 3. The number of rotatable bonds is 4. The average Bonchev–Trinajstić information content (AvgIpc) is 3.21. The number of aromatic nitrogens is 3. The fraction of sp³-hybridized carbons (Fsp3) is 0.600. The van der Waals surface area contributed by atoms with Gasteiger partial charge in [-0.25, -0.2) is 0 Å². The predicted octanol–water partition coefficient (Wildman–Crippen LogP) is 1.88.